The minimum absolute atomic E-state index is 0.273. The molecule has 1 heterocycles. The number of hydrogen-bond donors (Lipinski definition) is 0. The van der Waals surface area contributed by atoms with Crippen molar-refractivity contribution in [3.63, 3.8) is 0 Å². The molecule has 5 heteroatoms. The van der Waals surface area contributed by atoms with Crippen molar-refractivity contribution in [2.24, 2.45) is 0 Å². The molecule has 3 rings (SSSR count). The van der Waals surface area contributed by atoms with Crippen molar-refractivity contribution in [1.82, 2.24) is 9.55 Å². The number of rotatable bonds is 9. The Morgan fingerprint density at radius 1 is 1.12 bits per heavy atom. The maximum atomic E-state index is 6.01. The Morgan fingerprint density at radius 3 is 2.54 bits per heavy atom. The predicted molar refractivity (Wildman–Crippen MR) is 109 cm³/mol. The van der Waals surface area contributed by atoms with E-state index >= 15 is 0 Å². The number of benzene rings is 2. The van der Waals surface area contributed by atoms with Crippen LogP contribution in [-0.2, 0) is 6.54 Å². The fourth-order valence-electron chi connectivity index (χ4n) is 2.59. The fraction of sp³-hybridized carbons (Fsp3) is 0.286. The number of halogens is 1. The Labute approximate surface area is 164 Å². The van der Waals surface area contributed by atoms with Crippen LogP contribution in [0, 0.1) is 0 Å². The van der Waals surface area contributed by atoms with Crippen LogP contribution in [0.3, 0.4) is 0 Å². The molecule has 136 valence electrons. The predicted octanol–water partition coefficient (Wildman–Crippen LogP) is 6.25. The first kappa shape index (κ1) is 18.9. The molecule has 0 fully saturated rings. The van der Waals surface area contributed by atoms with E-state index in [1.54, 1.807) is 0 Å². The lowest BCUT2D eigenvalue weighted by Gasteiger charge is -2.18. The van der Waals surface area contributed by atoms with E-state index in [2.05, 4.69) is 52.9 Å². The van der Waals surface area contributed by atoms with E-state index in [0.717, 1.165) is 36.8 Å². The summed E-state index contributed by atoms with van der Waals surface area (Å²) >= 11 is 7.84. The van der Waals surface area contributed by atoms with Crippen LogP contribution in [-0.4, -0.2) is 16.2 Å². The van der Waals surface area contributed by atoms with Crippen molar-refractivity contribution < 1.29 is 4.74 Å². The fourth-order valence-corrected chi connectivity index (χ4v) is 3.88. The molecule has 0 aliphatic heterocycles. The van der Waals surface area contributed by atoms with Gasteiger partial charge in [-0.15, -0.1) is 11.8 Å². The lowest BCUT2D eigenvalue weighted by molar-refractivity contribution is 0.309. The Hall–Kier alpha value is -1.91. The third-order valence-electron chi connectivity index (χ3n) is 4.05. The third kappa shape index (κ3) is 5.55. The van der Waals surface area contributed by atoms with E-state index in [0.29, 0.717) is 0 Å². The number of thioether (sulfide) groups is 1. The molecular weight excluding hydrogens is 364 g/mol. The maximum Gasteiger partial charge on any atom is 0.119 e. The van der Waals surface area contributed by atoms with Crippen molar-refractivity contribution in [1.29, 1.82) is 0 Å². The molecule has 1 unspecified atom stereocenters. The summed E-state index contributed by atoms with van der Waals surface area (Å²) in [5.41, 5.74) is 1.27. The number of nitrogens with zero attached hydrogens (tertiary/aromatic N) is 2. The van der Waals surface area contributed by atoms with Crippen LogP contribution in [0.25, 0.3) is 0 Å². The maximum absolute atomic E-state index is 6.01. The van der Waals surface area contributed by atoms with Crippen LogP contribution in [0.15, 0.2) is 72.1 Å². The van der Waals surface area contributed by atoms with Gasteiger partial charge < -0.3 is 9.30 Å². The number of imidazole rings is 1. The van der Waals surface area contributed by atoms with Crippen molar-refractivity contribution in [3.05, 3.63) is 77.8 Å². The van der Waals surface area contributed by atoms with Crippen molar-refractivity contribution in [3.8, 4) is 5.75 Å². The van der Waals surface area contributed by atoms with E-state index in [9.17, 15) is 0 Å². The van der Waals surface area contributed by atoms with Crippen LogP contribution in [0.5, 0.6) is 5.75 Å². The van der Waals surface area contributed by atoms with Gasteiger partial charge >= 0.3 is 0 Å². The number of aromatic nitrogens is 2. The zero-order valence-corrected chi connectivity index (χ0v) is 16.4. The van der Waals surface area contributed by atoms with Crippen molar-refractivity contribution in [2.75, 3.05) is 6.61 Å². The summed E-state index contributed by atoms with van der Waals surface area (Å²) < 4.78 is 7.89. The molecule has 0 saturated heterocycles. The van der Waals surface area contributed by atoms with E-state index in [4.69, 9.17) is 16.3 Å². The summed E-state index contributed by atoms with van der Waals surface area (Å²) in [4.78, 5) is 5.36. The molecule has 0 bridgehead atoms. The summed E-state index contributed by atoms with van der Waals surface area (Å²) in [5.74, 6) is 0.931. The topological polar surface area (TPSA) is 27.1 Å². The molecule has 3 nitrogen and oxygen atoms in total. The Balaban J connectivity index is 1.74. The van der Waals surface area contributed by atoms with Gasteiger partial charge in [0.25, 0.3) is 0 Å². The molecule has 0 aliphatic rings. The van der Waals surface area contributed by atoms with Gasteiger partial charge in [-0.25, -0.2) is 4.98 Å². The second-order valence-electron chi connectivity index (χ2n) is 6.09. The second kappa shape index (κ2) is 9.70. The van der Waals surface area contributed by atoms with Crippen LogP contribution in [0.1, 0.15) is 30.6 Å². The van der Waals surface area contributed by atoms with E-state index in [1.807, 2.05) is 42.6 Å². The summed E-state index contributed by atoms with van der Waals surface area (Å²) in [5, 5.41) is 1.03. The molecule has 0 N–H and O–H groups in total. The average Bonchev–Trinajstić information content (AvgIpc) is 3.17. The summed E-state index contributed by atoms with van der Waals surface area (Å²) in [6.07, 6.45) is 7.89. The smallest absolute Gasteiger partial charge is 0.119 e. The first-order valence-electron chi connectivity index (χ1n) is 8.85. The van der Waals surface area contributed by atoms with Gasteiger partial charge in [0, 0.05) is 28.9 Å². The lowest BCUT2D eigenvalue weighted by Crippen LogP contribution is -2.05. The summed E-state index contributed by atoms with van der Waals surface area (Å²) in [6.45, 7) is 3.79. The first-order chi connectivity index (χ1) is 12.7. The lowest BCUT2D eigenvalue weighted by atomic mass is 10.1. The van der Waals surface area contributed by atoms with E-state index in [1.165, 1.54) is 10.5 Å². The number of unbranched alkanes of at least 4 members (excludes halogenated alkanes) is 1. The Kier molecular flexibility index (Phi) is 7.04. The minimum atomic E-state index is 0.273. The van der Waals surface area contributed by atoms with Gasteiger partial charge in [0.1, 0.15) is 5.75 Å². The summed E-state index contributed by atoms with van der Waals surface area (Å²) in [6, 6.07) is 16.4. The highest BCUT2D eigenvalue weighted by atomic mass is 35.5. The Morgan fingerprint density at radius 2 is 1.88 bits per heavy atom. The van der Waals surface area contributed by atoms with Crippen LogP contribution < -0.4 is 4.74 Å². The van der Waals surface area contributed by atoms with Gasteiger partial charge in [0.05, 0.1) is 18.2 Å². The van der Waals surface area contributed by atoms with Gasteiger partial charge in [0.2, 0.25) is 0 Å². The molecule has 3 aromatic rings. The molecule has 0 spiro atoms. The zero-order chi connectivity index (χ0) is 18.2. The Bertz CT molecular complexity index is 773. The highest BCUT2D eigenvalue weighted by Crippen LogP contribution is 2.37. The van der Waals surface area contributed by atoms with Crippen LogP contribution in [0.2, 0.25) is 5.02 Å². The third-order valence-corrected chi connectivity index (χ3v) is 5.55. The van der Waals surface area contributed by atoms with Gasteiger partial charge in [-0.3, -0.25) is 0 Å². The SMILES string of the molecule is CCCCOc1ccc(C(Cn2ccnc2)Sc2ccc(Cl)cc2)cc1. The van der Waals surface area contributed by atoms with Gasteiger partial charge in [-0.2, -0.15) is 0 Å². The molecule has 1 atom stereocenters. The quantitative estimate of drug-likeness (QED) is 0.321. The van der Waals surface area contributed by atoms with E-state index in [-0.39, 0.29) is 5.25 Å². The molecule has 26 heavy (non-hydrogen) atoms. The van der Waals surface area contributed by atoms with E-state index < -0.39 is 0 Å². The molecule has 0 radical (unpaired) electrons. The second-order valence-corrected chi connectivity index (χ2v) is 7.80. The van der Waals surface area contributed by atoms with Crippen molar-refractivity contribution in [2.45, 2.75) is 36.5 Å². The van der Waals surface area contributed by atoms with Crippen LogP contribution in [0.4, 0.5) is 0 Å². The molecule has 0 amide bonds. The zero-order valence-electron chi connectivity index (χ0n) is 14.8. The molecule has 0 saturated carbocycles. The highest BCUT2D eigenvalue weighted by Gasteiger charge is 2.14. The monoisotopic (exact) mass is 386 g/mol. The first-order valence-corrected chi connectivity index (χ1v) is 10.1. The normalized spacial score (nSPS) is 12.1. The minimum Gasteiger partial charge on any atom is -0.494 e. The van der Waals surface area contributed by atoms with Gasteiger partial charge in [0.15, 0.2) is 0 Å². The molecule has 1 aromatic heterocycles. The van der Waals surface area contributed by atoms with Gasteiger partial charge in [-0.05, 0) is 48.4 Å². The standard InChI is InChI=1S/C21H23ClN2OS/c1-2-3-14-25-19-8-4-17(5-9-19)21(15-24-13-12-23-16-24)26-20-10-6-18(22)7-11-20/h4-13,16,21H,2-3,14-15H2,1H3. The average molecular weight is 387 g/mol. The van der Waals surface area contributed by atoms with Gasteiger partial charge in [-0.1, -0.05) is 37.1 Å². The molecule has 2 aromatic carbocycles. The highest BCUT2D eigenvalue weighted by molar-refractivity contribution is 7.99. The molecule has 0 aliphatic carbocycles. The number of hydrogen-bond acceptors (Lipinski definition) is 3. The van der Waals surface area contributed by atoms with Crippen molar-refractivity contribution >= 4 is 23.4 Å². The van der Waals surface area contributed by atoms with Crippen LogP contribution >= 0.6 is 23.4 Å². The largest absolute Gasteiger partial charge is 0.494 e. The summed E-state index contributed by atoms with van der Waals surface area (Å²) in [7, 11) is 0. The number of ether oxygens (including phenoxy) is 1. The molecular formula is C21H23ClN2OS.